The molecule has 0 radical (unpaired) electrons. The van der Waals surface area contributed by atoms with Gasteiger partial charge in [0, 0.05) is 37.8 Å². The van der Waals surface area contributed by atoms with Crippen molar-refractivity contribution >= 4 is 23.5 Å². The average molecular weight is 481 g/mol. The zero-order valence-electron chi connectivity index (χ0n) is 20.4. The highest BCUT2D eigenvalue weighted by Gasteiger charge is 2.25. The minimum atomic E-state index is -0.764. The second-order valence-corrected chi connectivity index (χ2v) is 9.41. The van der Waals surface area contributed by atoms with Gasteiger partial charge in [-0.1, -0.05) is 25.0 Å². The second-order valence-electron chi connectivity index (χ2n) is 9.41. The number of aliphatic imine (C=N–C) groups is 1. The number of hydrogen-bond acceptors (Lipinski definition) is 7. The van der Waals surface area contributed by atoms with Crippen molar-refractivity contribution in [3.8, 4) is 11.8 Å². The third-order valence-corrected chi connectivity index (χ3v) is 6.49. The normalized spacial score (nSPS) is 17.7. The van der Waals surface area contributed by atoms with Crippen LogP contribution in [0, 0.1) is 11.6 Å². The summed E-state index contributed by atoms with van der Waals surface area (Å²) in [6, 6.07) is 3.04. The molecular weight excluding hydrogens is 450 g/mol. The minimum Gasteiger partial charge on any atom is -0.418 e. The van der Waals surface area contributed by atoms with Gasteiger partial charge >= 0.3 is 6.01 Å². The van der Waals surface area contributed by atoms with Gasteiger partial charge in [-0.05, 0) is 50.1 Å². The van der Waals surface area contributed by atoms with Crippen LogP contribution in [0.15, 0.2) is 34.3 Å². The molecule has 2 aliphatic heterocycles. The number of ether oxygens (including phenoxy) is 1. The van der Waals surface area contributed by atoms with Gasteiger partial charge in [-0.25, -0.2) is 8.78 Å². The summed E-state index contributed by atoms with van der Waals surface area (Å²) < 4.78 is 35.8. The lowest BCUT2D eigenvalue weighted by atomic mass is 10.1. The summed E-state index contributed by atoms with van der Waals surface area (Å²) in [6.07, 6.45) is 6.33. The van der Waals surface area contributed by atoms with Gasteiger partial charge in [-0.15, -0.1) is 0 Å². The van der Waals surface area contributed by atoms with Gasteiger partial charge < -0.3 is 19.9 Å². The highest BCUT2D eigenvalue weighted by molar-refractivity contribution is 6.05. The molecule has 2 aromatic rings. The summed E-state index contributed by atoms with van der Waals surface area (Å²) in [5.41, 5.74) is 3.21. The number of halogens is 2. The van der Waals surface area contributed by atoms with Crippen LogP contribution >= 0.6 is 0 Å². The Labute approximate surface area is 204 Å². The molecule has 1 N–H and O–H groups in total. The molecule has 1 saturated heterocycles. The number of allylic oxidation sites excluding steroid dienone is 1. The first-order chi connectivity index (χ1) is 16.9. The van der Waals surface area contributed by atoms with Crippen molar-refractivity contribution < 1.29 is 13.5 Å². The molecule has 9 heteroatoms. The van der Waals surface area contributed by atoms with Crippen LogP contribution in [0.5, 0.6) is 11.8 Å². The number of aromatic nitrogens is 2. The van der Waals surface area contributed by atoms with Crippen LogP contribution in [0.2, 0.25) is 0 Å². The second kappa shape index (κ2) is 9.73. The quantitative estimate of drug-likeness (QED) is 0.640. The Hall–Kier alpha value is -3.33. The lowest BCUT2D eigenvalue weighted by Gasteiger charge is -2.33. The predicted octanol–water partition coefficient (Wildman–Crippen LogP) is 4.81. The molecule has 35 heavy (non-hydrogen) atoms. The molecule has 3 aliphatic rings. The van der Waals surface area contributed by atoms with Crippen molar-refractivity contribution in [2.24, 2.45) is 4.99 Å². The molecule has 0 atom stereocenters. The Morgan fingerprint density at radius 2 is 1.89 bits per heavy atom. The van der Waals surface area contributed by atoms with Crippen LogP contribution < -0.4 is 15.0 Å². The Morgan fingerprint density at radius 1 is 1.09 bits per heavy atom. The molecule has 7 nitrogen and oxygen atoms in total. The molecule has 0 unspecified atom stereocenters. The SMILES string of the molecule is CCCC1=CC(Nc2cc(N3CCN(C)CC3)nc(Oc3c(F)cc4c(c3F)C=C(C)C4)n2)=NC1. The van der Waals surface area contributed by atoms with E-state index in [0.29, 0.717) is 41.6 Å². The minimum absolute atomic E-state index is 0.114. The van der Waals surface area contributed by atoms with E-state index in [2.05, 4.69) is 44.0 Å². The lowest BCUT2D eigenvalue weighted by molar-refractivity contribution is 0.311. The van der Waals surface area contributed by atoms with E-state index >= 15 is 4.39 Å². The molecule has 0 bridgehead atoms. The van der Waals surface area contributed by atoms with Gasteiger partial charge in [0.05, 0.1) is 6.54 Å². The summed E-state index contributed by atoms with van der Waals surface area (Å²) >= 11 is 0. The number of likely N-dealkylation sites (N-methyl/N-ethyl adjacent to an activating group) is 1. The van der Waals surface area contributed by atoms with E-state index < -0.39 is 17.4 Å². The Morgan fingerprint density at radius 3 is 2.66 bits per heavy atom. The van der Waals surface area contributed by atoms with Crippen molar-refractivity contribution in [1.82, 2.24) is 14.9 Å². The monoisotopic (exact) mass is 480 g/mol. The number of fused-ring (bicyclic) bond motifs is 1. The molecule has 1 aromatic carbocycles. The van der Waals surface area contributed by atoms with E-state index in [1.807, 2.05) is 19.1 Å². The number of nitrogens with zero attached hydrogens (tertiary/aromatic N) is 5. The van der Waals surface area contributed by atoms with Crippen LogP contribution in [0.3, 0.4) is 0 Å². The van der Waals surface area contributed by atoms with Crippen LogP contribution in [0.4, 0.5) is 20.4 Å². The lowest BCUT2D eigenvalue weighted by Crippen LogP contribution is -2.44. The van der Waals surface area contributed by atoms with Gasteiger partial charge in [0.25, 0.3) is 0 Å². The number of benzene rings is 1. The summed E-state index contributed by atoms with van der Waals surface area (Å²) in [6.45, 7) is 8.02. The molecule has 184 valence electrons. The molecule has 0 saturated carbocycles. The van der Waals surface area contributed by atoms with Crippen molar-refractivity contribution in [2.75, 3.05) is 50.0 Å². The first kappa shape index (κ1) is 23.4. The fraction of sp³-hybridized carbons (Fsp3) is 0.423. The van der Waals surface area contributed by atoms with Crippen molar-refractivity contribution in [1.29, 1.82) is 0 Å². The summed E-state index contributed by atoms with van der Waals surface area (Å²) in [7, 11) is 2.08. The van der Waals surface area contributed by atoms with Gasteiger partial charge in [0.2, 0.25) is 5.75 Å². The highest BCUT2D eigenvalue weighted by atomic mass is 19.1. The Bertz CT molecular complexity index is 1230. The van der Waals surface area contributed by atoms with E-state index in [1.165, 1.54) is 11.6 Å². The molecule has 0 spiro atoms. The molecular formula is C26H30F2N6O. The molecule has 1 aromatic heterocycles. The number of rotatable bonds is 6. The van der Waals surface area contributed by atoms with Crippen molar-refractivity contribution in [3.05, 3.63) is 52.1 Å². The Balaban J connectivity index is 1.47. The van der Waals surface area contributed by atoms with Gasteiger partial charge in [0.15, 0.2) is 11.6 Å². The predicted molar refractivity (Wildman–Crippen MR) is 134 cm³/mol. The summed E-state index contributed by atoms with van der Waals surface area (Å²) in [5, 5.41) is 3.23. The zero-order valence-corrected chi connectivity index (χ0v) is 20.4. The van der Waals surface area contributed by atoms with E-state index in [4.69, 9.17) is 4.74 Å². The average Bonchev–Trinajstić information content (AvgIpc) is 3.42. The van der Waals surface area contributed by atoms with E-state index in [0.717, 1.165) is 44.6 Å². The number of anilines is 2. The van der Waals surface area contributed by atoms with Gasteiger partial charge in [-0.3, -0.25) is 4.99 Å². The fourth-order valence-electron chi connectivity index (χ4n) is 4.62. The van der Waals surface area contributed by atoms with Gasteiger partial charge in [-0.2, -0.15) is 9.97 Å². The number of amidine groups is 1. The molecule has 0 amide bonds. The highest BCUT2D eigenvalue weighted by Crippen LogP contribution is 2.36. The van der Waals surface area contributed by atoms with Crippen molar-refractivity contribution in [3.63, 3.8) is 0 Å². The number of nitrogens with one attached hydrogen (secondary N) is 1. The summed E-state index contributed by atoms with van der Waals surface area (Å²) in [5.74, 6) is -0.168. The Kier molecular flexibility index (Phi) is 6.51. The zero-order chi connectivity index (χ0) is 24.5. The van der Waals surface area contributed by atoms with Crippen LogP contribution in [-0.4, -0.2) is 60.5 Å². The smallest absolute Gasteiger partial charge is 0.326 e. The first-order valence-electron chi connectivity index (χ1n) is 12.1. The molecule has 1 aliphatic carbocycles. The van der Waals surface area contributed by atoms with Crippen LogP contribution in [0.25, 0.3) is 6.08 Å². The fourth-order valence-corrected chi connectivity index (χ4v) is 4.62. The summed E-state index contributed by atoms with van der Waals surface area (Å²) in [4.78, 5) is 17.8. The number of hydrogen-bond donors (Lipinski definition) is 1. The maximum atomic E-state index is 15.2. The number of piperazine rings is 1. The van der Waals surface area contributed by atoms with Crippen LogP contribution in [0.1, 0.15) is 37.8 Å². The maximum absolute atomic E-state index is 15.2. The van der Waals surface area contributed by atoms with Crippen LogP contribution in [-0.2, 0) is 6.42 Å². The third-order valence-electron chi connectivity index (χ3n) is 6.49. The van der Waals surface area contributed by atoms with E-state index in [9.17, 15) is 4.39 Å². The maximum Gasteiger partial charge on any atom is 0.326 e. The van der Waals surface area contributed by atoms with Crippen molar-refractivity contribution in [2.45, 2.75) is 33.1 Å². The molecule has 1 fully saturated rings. The standard InChI is InChI=1S/C26H30F2N6O/c1-4-5-17-12-21(29-15-17)30-22-14-23(34-8-6-33(3)7-9-34)32-26(31-22)35-25-20(27)13-18-10-16(2)11-19(18)24(25)28/h11-14H,4-10,15H2,1-3H3,(H,29,30,31,32). The largest absolute Gasteiger partial charge is 0.418 e. The first-order valence-corrected chi connectivity index (χ1v) is 12.1. The van der Waals surface area contributed by atoms with E-state index in [1.54, 1.807) is 6.08 Å². The third kappa shape index (κ3) is 5.05. The topological polar surface area (TPSA) is 65.9 Å². The van der Waals surface area contributed by atoms with E-state index in [-0.39, 0.29) is 6.01 Å². The molecule has 5 rings (SSSR count). The van der Waals surface area contributed by atoms with Gasteiger partial charge in [0.1, 0.15) is 17.5 Å². The molecule has 3 heterocycles.